The lowest BCUT2D eigenvalue weighted by Gasteiger charge is -2.16. The van der Waals surface area contributed by atoms with E-state index < -0.39 is 6.10 Å². The highest BCUT2D eigenvalue weighted by Gasteiger charge is 2.18. The van der Waals surface area contributed by atoms with Crippen LogP contribution in [-0.4, -0.2) is 14.9 Å². The van der Waals surface area contributed by atoms with E-state index in [1.165, 1.54) is 5.56 Å². The summed E-state index contributed by atoms with van der Waals surface area (Å²) < 4.78 is 2.77. The number of rotatable bonds is 6. The molecule has 108 valence electrons. The van der Waals surface area contributed by atoms with Crippen LogP contribution >= 0.6 is 15.9 Å². The fourth-order valence-electron chi connectivity index (χ4n) is 2.35. The molecule has 0 aliphatic carbocycles. The van der Waals surface area contributed by atoms with Gasteiger partial charge in [0.25, 0.3) is 0 Å². The van der Waals surface area contributed by atoms with Gasteiger partial charge < -0.3 is 5.11 Å². The van der Waals surface area contributed by atoms with Gasteiger partial charge in [-0.1, -0.05) is 30.3 Å². The molecule has 0 amide bonds. The zero-order chi connectivity index (χ0) is 14.5. The first-order valence-electron chi connectivity index (χ1n) is 7.04. The van der Waals surface area contributed by atoms with Gasteiger partial charge >= 0.3 is 0 Å². The molecule has 0 fully saturated rings. The van der Waals surface area contributed by atoms with Crippen molar-refractivity contribution in [2.45, 2.75) is 45.3 Å². The first-order valence-corrected chi connectivity index (χ1v) is 7.83. The third-order valence-electron chi connectivity index (χ3n) is 3.38. The van der Waals surface area contributed by atoms with E-state index in [1.807, 2.05) is 10.7 Å². The third-order valence-corrected chi connectivity index (χ3v) is 3.99. The third kappa shape index (κ3) is 3.70. The predicted octanol–water partition coefficient (Wildman–Crippen LogP) is 4.28. The lowest BCUT2D eigenvalue weighted by atomic mass is 10.0. The molecule has 3 nitrogen and oxygen atoms in total. The molecule has 1 aromatic carbocycles. The summed E-state index contributed by atoms with van der Waals surface area (Å²) in [5.41, 5.74) is 2.20. The van der Waals surface area contributed by atoms with E-state index >= 15 is 0 Å². The highest BCUT2D eigenvalue weighted by molar-refractivity contribution is 9.10. The number of benzene rings is 1. The average molecular weight is 337 g/mol. The number of halogens is 1. The average Bonchev–Trinajstić information content (AvgIpc) is 2.82. The lowest BCUT2D eigenvalue weighted by Crippen LogP contribution is -2.12. The van der Waals surface area contributed by atoms with Crippen LogP contribution in [0.3, 0.4) is 0 Å². The van der Waals surface area contributed by atoms with E-state index in [-0.39, 0.29) is 6.04 Å². The minimum absolute atomic E-state index is 0.250. The van der Waals surface area contributed by atoms with Crippen molar-refractivity contribution in [1.82, 2.24) is 9.78 Å². The topological polar surface area (TPSA) is 38.0 Å². The molecule has 1 atom stereocenters. The first-order chi connectivity index (χ1) is 9.59. The summed E-state index contributed by atoms with van der Waals surface area (Å²) in [6, 6.07) is 10.6. The van der Waals surface area contributed by atoms with Gasteiger partial charge in [-0.2, -0.15) is 5.10 Å². The molecular formula is C16H21BrN2O. The van der Waals surface area contributed by atoms with Crippen molar-refractivity contribution in [3.05, 3.63) is 52.3 Å². The van der Waals surface area contributed by atoms with Crippen LogP contribution in [0.2, 0.25) is 0 Å². The van der Waals surface area contributed by atoms with Crippen LogP contribution in [0.5, 0.6) is 0 Å². The van der Waals surface area contributed by atoms with Crippen LogP contribution in [0.1, 0.15) is 50.1 Å². The maximum atomic E-state index is 10.4. The summed E-state index contributed by atoms with van der Waals surface area (Å²) in [6.45, 7) is 4.14. The molecule has 0 bridgehead atoms. The van der Waals surface area contributed by atoms with Crippen molar-refractivity contribution in [1.29, 1.82) is 0 Å². The highest BCUT2D eigenvalue weighted by atomic mass is 79.9. The Morgan fingerprint density at radius 3 is 2.60 bits per heavy atom. The smallest absolute Gasteiger partial charge is 0.0968 e. The van der Waals surface area contributed by atoms with Crippen molar-refractivity contribution in [3.8, 4) is 0 Å². The Balaban J connectivity index is 1.95. The molecule has 20 heavy (non-hydrogen) atoms. The molecular weight excluding hydrogens is 316 g/mol. The Hall–Kier alpha value is -1.13. The quantitative estimate of drug-likeness (QED) is 0.854. The number of nitrogens with zero attached hydrogens (tertiary/aromatic N) is 2. The minimum atomic E-state index is -0.474. The molecule has 2 rings (SSSR count). The second-order valence-corrected chi connectivity index (χ2v) is 6.16. The number of aliphatic hydroxyl groups is 1. The van der Waals surface area contributed by atoms with Crippen LogP contribution in [0, 0.1) is 0 Å². The summed E-state index contributed by atoms with van der Waals surface area (Å²) in [7, 11) is 0. The van der Waals surface area contributed by atoms with Crippen LogP contribution in [0.4, 0.5) is 0 Å². The molecule has 0 aliphatic rings. The van der Waals surface area contributed by atoms with Gasteiger partial charge in [0.05, 0.1) is 22.5 Å². The number of hydrogen-bond acceptors (Lipinski definition) is 2. The maximum Gasteiger partial charge on any atom is 0.0968 e. The monoisotopic (exact) mass is 336 g/mol. The van der Waals surface area contributed by atoms with Crippen molar-refractivity contribution in [2.24, 2.45) is 0 Å². The fraction of sp³-hybridized carbons (Fsp3) is 0.438. The second kappa shape index (κ2) is 7.04. The minimum Gasteiger partial charge on any atom is -0.387 e. The molecule has 2 aromatic rings. The van der Waals surface area contributed by atoms with Gasteiger partial charge in [-0.3, -0.25) is 4.68 Å². The van der Waals surface area contributed by atoms with E-state index in [0.29, 0.717) is 0 Å². The summed E-state index contributed by atoms with van der Waals surface area (Å²) in [5, 5.41) is 14.7. The van der Waals surface area contributed by atoms with Crippen molar-refractivity contribution in [2.75, 3.05) is 0 Å². The highest BCUT2D eigenvalue weighted by Crippen LogP contribution is 2.28. The molecule has 4 heteroatoms. The van der Waals surface area contributed by atoms with Crippen molar-refractivity contribution in [3.63, 3.8) is 0 Å². The van der Waals surface area contributed by atoms with Crippen LogP contribution < -0.4 is 0 Å². The van der Waals surface area contributed by atoms with Gasteiger partial charge in [-0.05, 0) is 54.6 Å². The van der Waals surface area contributed by atoms with Crippen molar-refractivity contribution < 1.29 is 5.11 Å². The van der Waals surface area contributed by atoms with Crippen molar-refractivity contribution >= 4 is 15.9 Å². The molecule has 0 radical (unpaired) electrons. The molecule has 1 unspecified atom stereocenters. The van der Waals surface area contributed by atoms with E-state index in [2.05, 4.69) is 59.1 Å². The Labute approximate surface area is 128 Å². The summed E-state index contributed by atoms with van der Waals surface area (Å²) >= 11 is 3.48. The van der Waals surface area contributed by atoms with E-state index in [4.69, 9.17) is 0 Å². The zero-order valence-electron chi connectivity index (χ0n) is 12.0. The molecule has 0 aliphatic heterocycles. The van der Waals surface area contributed by atoms with Gasteiger partial charge in [0.1, 0.15) is 0 Å². The Bertz CT molecular complexity index is 537. The van der Waals surface area contributed by atoms with E-state index in [0.717, 1.165) is 29.4 Å². The van der Waals surface area contributed by atoms with Crippen LogP contribution in [0.15, 0.2) is 41.0 Å². The molecule has 0 saturated heterocycles. The van der Waals surface area contributed by atoms with E-state index in [9.17, 15) is 5.11 Å². The molecule has 0 spiro atoms. The standard InChI is InChI=1S/C16H21BrN2O/c1-12(2)19-16(14(17)11-18-19)15(20)10-6-9-13-7-4-3-5-8-13/h3-5,7-8,11-12,15,20H,6,9-10H2,1-2H3. The largest absolute Gasteiger partial charge is 0.387 e. The van der Waals surface area contributed by atoms with Gasteiger partial charge in [0, 0.05) is 6.04 Å². The van der Waals surface area contributed by atoms with Gasteiger partial charge in [-0.15, -0.1) is 0 Å². The Morgan fingerprint density at radius 1 is 1.25 bits per heavy atom. The first kappa shape index (κ1) is 15.3. The fourth-order valence-corrected chi connectivity index (χ4v) is 2.89. The maximum absolute atomic E-state index is 10.4. The van der Waals surface area contributed by atoms with Crippen LogP contribution in [0.25, 0.3) is 0 Å². The molecule has 1 heterocycles. The summed E-state index contributed by atoms with van der Waals surface area (Å²) in [4.78, 5) is 0. The van der Waals surface area contributed by atoms with Crippen LogP contribution in [-0.2, 0) is 6.42 Å². The zero-order valence-corrected chi connectivity index (χ0v) is 13.5. The number of hydrogen-bond donors (Lipinski definition) is 1. The normalized spacial score (nSPS) is 12.8. The summed E-state index contributed by atoms with van der Waals surface area (Å²) in [6.07, 6.45) is 3.98. The number of aliphatic hydroxyl groups excluding tert-OH is 1. The van der Waals surface area contributed by atoms with E-state index in [1.54, 1.807) is 6.20 Å². The Morgan fingerprint density at radius 2 is 1.95 bits per heavy atom. The number of aromatic nitrogens is 2. The lowest BCUT2D eigenvalue weighted by molar-refractivity contribution is 0.151. The predicted molar refractivity (Wildman–Crippen MR) is 84.7 cm³/mol. The van der Waals surface area contributed by atoms with Gasteiger partial charge in [-0.25, -0.2) is 0 Å². The summed E-state index contributed by atoms with van der Waals surface area (Å²) in [5.74, 6) is 0. The molecule has 1 aromatic heterocycles. The molecule has 0 saturated carbocycles. The SMILES string of the molecule is CC(C)n1ncc(Br)c1C(O)CCCc1ccccc1. The van der Waals surface area contributed by atoms with Gasteiger partial charge in [0.15, 0.2) is 0 Å². The van der Waals surface area contributed by atoms with Gasteiger partial charge in [0.2, 0.25) is 0 Å². The number of aryl methyl sites for hydroxylation is 1. The second-order valence-electron chi connectivity index (χ2n) is 5.31. The molecule has 1 N–H and O–H groups in total. The Kier molecular flexibility index (Phi) is 5.38.